The zero-order valence-electron chi connectivity index (χ0n) is 7.44. The van der Waals surface area contributed by atoms with E-state index in [9.17, 15) is 9.18 Å². The van der Waals surface area contributed by atoms with Gasteiger partial charge in [-0.25, -0.2) is 9.78 Å². The number of carboxylic acid groups (broad SMARTS) is 1. The molecule has 3 nitrogen and oxygen atoms in total. The maximum atomic E-state index is 11.8. The predicted octanol–water partition coefficient (Wildman–Crippen LogP) is 2.23. The molecule has 5 heteroatoms. The summed E-state index contributed by atoms with van der Waals surface area (Å²) in [5.74, 6) is -0.450. The SMILES string of the molecule is O=C(O)c1cccnc1SCCCF. The van der Waals surface area contributed by atoms with Crippen LogP contribution in [0.5, 0.6) is 0 Å². The molecular weight excluding hydrogens is 205 g/mol. The molecule has 0 aliphatic carbocycles. The molecule has 0 unspecified atom stereocenters. The molecule has 0 aliphatic rings. The monoisotopic (exact) mass is 215 g/mol. The van der Waals surface area contributed by atoms with Gasteiger partial charge in [0.2, 0.25) is 0 Å². The molecule has 14 heavy (non-hydrogen) atoms. The molecule has 0 bridgehead atoms. The smallest absolute Gasteiger partial charge is 0.338 e. The van der Waals surface area contributed by atoms with Gasteiger partial charge in [-0.3, -0.25) is 4.39 Å². The molecule has 76 valence electrons. The number of pyridine rings is 1. The van der Waals surface area contributed by atoms with Gasteiger partial charge in [0, 0.05) is 11.9 Å². The number of hydrogen-bond donors (Lipinski definition) is 1. The lowest BCUT2D eigenvalue weighted by Gasteiger charge is -2.02. The molecule has 0 saturated heterocycles. The Morgan fingerprint density at radius 3 is 3.07 bits per heavy atom. The van der Waals surface area contributed by atoms with Crippen molar-refractivity contribution >= 4 is 17.7 Å². The van der Waals surface area contributed by atoms with E-state index in [0.29, 0.717) is 17.2 Å². The van der Waals surface area contributed by atoms with Crippen molar-refractivity contribution in [3.63, 3.8) is 0 Å². The van der Waals surface area contributed by atoms with E-state index in [0.717, 1.165) is 0 Å². The maximum Gasteiger partial charge on any atom is 0.338 e. The van der Waals surface area contributed by atoms with Crippen LogP contribution in [-0.2, 0) is 0 Å². The molecule has 1 aromatic rings. The largest absolute Gasteiger partial charge is 0.478 e. The van der Waals surface area contributed by atoms with E-state index in [-0.39, 0.29) is 12.2 Å². The molecular formula is C9H10FNO2S. The van der Waals surface area contributed by atoms with Crippen molar-refractivity contribution in [2.75, 3.05) is 12.4 Å². The third kappa shape index (κ3) is 2.99. The number of nitrogens with zero attached hydrogens (tertiary/aromatic N) is 1. The van der Waals surface area contributed by atoms with Crippen molar-refractivity contribution in [3.05, 3.63) is 23.9 Å². The molecule has 1 rings (SSSR count). The van der Waals surface area contributed by atoms with E-state index in [1.165, 1.54) is 24.0 Å². The van der Waals surface area contributed by atoms with Crippen LogP contribution in [0.3, 0.4) is 0 Å². The Hall–Kier alpha value is -1.10. The third-order valence-corrected chi connectivity index (χ3v) is 2.61. The summed E-state index contributed by atoms with van der Waals surface area (Å²) in [6.45, 7) is -0.387. The van der Waals surface area contributed by atoms with Crippen LogP contribution < -0.4 is 0 Å². The first-order valence-corrected chi connectivity index (χ1v) is 5.11. The number of carbonyl (C=O) groups is 1. The maximum absolute atomic E-state index is 11.8. The second-order valence-electron chi connectivity index (χ2n) is 2.55. The van der Waals surface area contributed by atoms with E-state index in [1.807, 2.05) is 0 Å². The minimum absolute atomic E-state index is 0.177. The van der Waals surface area contributed by atoms with Crippen molar-refractivity contribution < 1.29 is 14.3 Å². The number of aromatic carboxylic acids is 1. The van der Waals surface area contributed by atoms with E-state index in [4.69, 9.17) is 5.11 Å². The van der Waals surface area contributed by atoms with Crippen LogP contribution in [0.25, 0.3) is 0 Å². The van der Waals surface area contributed by atoms with Gasteiger partial charge in [-0.15, -0.1) is 11.8 Å². The molecule has 0 saturated carbocycles. The minimum Gasteiger partial charge on any atom is -0.478 e. The van der Waals surface area contributed by atoms with Crippen LogP contribution in [0.1, 0.15) is 16.8 Å². The summed E-state index contributed by atoms with van der Waals surface area (Å²) in [4.78, 5) is 14.7. The number of thioether (sulfide) groups is 1. The first kappa shape index (κ1) is 11.0. The average Bonchev–Trinajstić information content (AvgIpc) is 2.19. The number of rotatable bonds is 5. The molecule has 0 atom stereocenters. The van der Waals surface area contributed by atoms with E-state index in [1.54, 1.807) is 6.07 Å². The number of carboxylic acids is 1. The summed E-state index contributed by atoms with van der Waals surface area (Å²) in [6, 6.07) is 3.07. The normalized spacial score (nSPS) is 10.1. The predicted molar refractivity (Wildman–Crippen MR) is 52.5 cm³/mol. The first-order valence-electron chi connectivity index (χ1n) is 4.12. The Labute approximate surface area is 85.4 Å². The molecule has 0 amide bonds. The van der Waals surface area contributed by atoms with Crippen molar-refractivity contribution in [2.45, 2.75) is 11.4 Å². The van der Waals surface area contributed by atoms with E-state index >= 15 is 0 Å². The average molecular weight is 215 g/mol. The Bertz CT molecular complexity index is 319. The first-order chi connectivity index (χ1) is 6.75. The number of halogens is 1. The Morgan fingerprint density at radius 2 is 2.43 bits per heavy atom. The summed E-state index contributed by atoms with van der Waals surface area (Å²) in [6.07, 6.45) is 1.95. The van der Waals surface area contributed by atoms with Crippen LogP contribution in [0.2, 0.25) is 0 Å². The highest BCUT2D eigenvalue weighted by molar-refractivity contribution is 7.99. The van der Waals surface area contributed by atoms with Gasteiger partial charge in [0.15, 0.2) is 0 Å². The third-order valence-electron chi connectivity index (χ3n) is 1.52. The summed E-state index contributed by atoms with van der Waals surface area (Å²) in [5.41, 5.74) is 0.177. The van der Waals surface area contributed by atoms with Gasteiger partial charge in [0.1, 0.15) is 5.03 Å². The Kier molecular flexibility index (Phi) is 4.39. The van der Waals surface area contributed by atoms with Crippen molar-refractivity contribution in [2.24, 2.45) is 0 Å². The van der Waals surface area contributed by atoms with Gasteiger partial charge < -0.3 is 5.11 Å². The van der Waals surface area contributed by atoms with Crippen LogP contribution in [0.4, 0.5) is 4.39 Å². The summed E-state index contributed by atoms with van der Waals surface area (Å²) in [5, 5.41) is 9.25. The van der Waals surface area contributed by atoms with E-state index < -0.39 is 5.97 Å². The highest BCUT2D eigenvalue weighted by Crippen LogP contribution is 2.20. The lowest BCUT2D eigenvalue weighted by atomic mass is 10.3. The Balaban J connectivity index is 2.69. The molecule has 1 N–H and O–H groups in total. The molecule has 0 aromatic carbocycles. The standard InChI is InChI=1S/C9H10FNO2S/c10-4-2-6-14-8-7(9(12)13)3-1-5-11-8/h1,3,5H,2,4,6H2,(H,12,13). The number of hydrogen-bond acceptors (Lipinski definition) is 3. The van der Waals surface area contributed by atoms with Crippen LogP contribution in [0, 0.1) is 0 Å². The van der Waals surface area contributed by atoms with Crippen LogP contribution in [0.15, 0.2) is 23.4 Å². The highest BCUT2D eigenvalue weighted by Gasteiger charge is 2.10. The van der Waals surface area contributed by atoms with Gasteiger partial charge >= 0.3 is 5.97 Å². The van der Waals surface area contributed by atoms with Gasteiger partial charge in [-0.05, 0) is 18.6 Å². The van der Waals surface area contributed by atoms with Gasteiger partial charge in [-0.2, -0.15) is 0 Å². The van der Waals surface area contributed by atoms with Gasteiger partial charge in [0.25, 0.3) is 0 Å². The van der Waals surface area contributed by atoms with Crippen molar-refractivity contribution in [1.29, 1.82) is 0 Å². The topological polar surface area (TPSA) is 50.2 Å². The fraction of sp³-hybridized carbons (Fsp3) is 0.333. The number of alkyl halides is 1. The van der Waals surface area contributed by atoms with Gasteiger partial charge in [0.05, 0.1) is 12.2 Å². The second-order valence-corrected chi connectivity index (χ2v) is 3.64. The molecule has 0 fully saturated rings. The number of aromatic nitrogens is 1. The van der Waals surface area contributed by atoms with Crippen molar-refractivity contribution in [1.82, 2.24) is 4.98 Å². The molecule has 0 radical (unpaired) electrons. The Morgan fingerprint density at radius 1 is 1.64 bits per heavy atom. The van der Waals surface area contributed by atoms with Gasteiger partial charge in [-0.1, -0.05) is 0 Å². The summed E-state index contributed by atoms with van der Waals surface area (Å²) in [7, 11) is 0. The molecule has 0 aliphatic heterocycles. The molecule has 1 aromatic heterocycles. The van der Waals surface area contributed by atoms with Crippen molar-refractivity contribution in [3.8, 4) is 0 Å². The zero-order chi connectivity index (χ0) is 10.4. The van der Waals surface area contributed by atoms with E-state index in [2.05, 4.69) is 4.98 Å². The molecule has 0 spiro atoms. The van der Waals surface area contributed by atoms with Crippen LogP contribution >= 0.6 is 11.8 Å². The summed E-state index contributed by atoms with van der Waals surface area (Å²) < 4.78 is 11.8. The highest BCUT2D eigenvalue weighted by atomic mass is 32.2. The lowest BCUT2D eigenvalue weighted by molar-refractivity contribution is 0.0692. The second kappa shape index (κ2) is 5.59. The van der Waals surface area contributed by atoms with Crippen LogP contribution in [-0.4, -0.2) is 28.5 Å². The fourth-order valence-electron chi connectivity index (χ4n) is 0.892. The molecule has 1 heterocycles. The lowest BCUT2D eigenvalue weighted by Crippen LogP contribution is -2.00. The minimum atomic E-state index is -0.999. The fourth-order valence-corrected chi connectivity index (χ4v) is 1.79. The zero-order valence-corrected chi connectivity index (χ0v) is 8.26. The summed E-state index contributed by atoms with van der Waals surface area (Å²) >= 11 is 1.27. The quantitative estimate of drug-likeness (QED) is 0.604.